The van der Waals surface area contributed by atoms with Crippen LogP contribution in [0.25, 0.3) is 0 Å². The van der Waals surface area contributed by atoms with Crippen molar-refractivity contribution in [1.29, 1.82) is 0 Å². The number of carbonyl (C=O) groups excluding carboxylic acids is 3. The molecule has 1 aliphatic rings. The van der Waals surface area contributed by atoms with Crippen molar-refractivity contribution in [2.45, 2.75) is 58.3 Å². The molecule has 2 amide bonds. The molecule has 0 aliphatic heterocycles. The van der Waals surface area contributed by atoms with E-state index in [9.17, 15) is 14.4 Å². The molecule has 0 unspecified atom stereocenters. The Balaban J connectivity index is 2.15. The third-order valence-electron chi connectivity index (χ3n) is 4.81. The molecule has 0 saturated carbocycles. The fourth-order valence-electron chi connectivity index (χ4n) is 3.06. The Morgan fingerprint density at radius 3 is 2.58 bits per heavy atom. The van der Waals surface area contributed by atoms with E-state index in [0.717, 1.165) is 38.5 Å². The summed E-state index contributed by atoms with van der Waals surface area (Å²) in [7, 11) is 1.77. The number of ether oxygens (including phenoxy) is 2. The summed E-state index contributed by atoms with van der Waals surface area (Å²) in [6.07, 6.45) is 10.9. The van der Waals surface area contributed by atoms with Gasteiger partial charge in [0.15, 0.2) is 0 Å². The van der Waals surface area contributed by atoms with Gasteiger partial charge in [-0.1, -0.05) is 30.9 Å². The monoisotopic (exact) mass is 432 g/mol. The maximum atomic E-state index is 11.9. The summed E-state index contributed by atoms with van der Waals surface area (Å²) in [5.74, 6) is 0.400. The number of carbonyl (C=O) groups is 3. The highest BCUT2D eigenvalue weighted by Gasteiger charge is 2.12. The van der Waals surface area contributed by atoms with Crippen LogP contribution in [0.1, 0.15) is 58.3 Å². The van der Waals surface area contributed by atoms with Crippen LogP contribution in [0, 0.1) is 0 Å². The summed E-state index contributed by atoms with van der Waals surface area (Å²) >= 11 is 0. The van der Waals surface area contributed by atoms with Crippen molar-refractivity contribution in [1.82, 2.24) is 10.2 Å². The highest BCUT2D eigenvalue weighted by molar-refractivity contribution is 5.91. The van der Waals surface area contributed by atoms with Gasteiger partial charge in [0.2, 0.25) is 5.91 Å². The first-order valence-electron chi connectivity index (χ1n) is 10.8. The molecule has 0 aromatic heterocycles. The smallest absolute Gasteiger partial charge is 0.412 e. The van der Waals surface area contributed by atoms with Crippen LogP contribution in [0.3, 0.4) is 0 Å². The second kappa shape index (κ2) is 15.0. The number of hydrogen-bond donors (Lipinski definition) is 1. The van der Waals surface area contributed by atoms with E-state index in [4.69, 9.17) is 9.47 Å². The van der Waals surface area contributed by atoms with Gasteiger partial charge in [-0.2, -0.15) is 0 Å². The van der Waals surface area contributed by atoms with E-state index < -0.39 is 6.09 Å². The lowest BCUT2D eigenvalue weighted by Crippen LogP contribution is -2.28. The van der Waals surface area contributed by atoms with Crippen LogP contribution in [0.2, 0.25) is 0 Å². The van der Waals surface area contributed by atoms with Crippen molar-refractivity contribution in [2.75, 3.05) is 26.7 Å². The molecule has 0 aromatic rings. The Labute approximate surface area is 185 Å². The Hall–Kier alpha value is -2.83. The average molecular weight is 433 g/mol. The van der Waals surface area contributed by atoms with Crippen molar-refractivity contribution in [2.24, 2.45) is 0 Å². The lowest BCUT2D eigenvalue weighted by molar-refractivity contribution is -0.142. The van der Waals surface area contributed by atoms with Crippen molar-refractivity contribution < 1.29 is 23.9 Å². The first kappa shape index (κ1) is 26.2. The minimum absolute atomic E-state index is 0.0364. The molecule has 1 N–H and O–H groups in total. The number of esters is 1. The van der Waals surface area contributed by atoms with Gasteiger partial charge in [-0.3, -0.25) is 9.59 Å². The standard InChI is InChI=1S/C24H36N2O5/c1-5-18-30-22(27)11-9-10-20-12-14-21(15-13-20)31-24(29)25-16-7-6-8-17-26(4)23(28)19(2)3/h5,12,14H,1-2,6-11,13,15-18H2,3-4H3,(H,25,29). The average Bonchev–Trinajstić information content (AvgIpc) is 2.75. The highest BCUT2D eigenvalue weighted by atomic mass is 16.6. The number of likely N-dealkylation sites (N-methyl/N-ethyl adjacent to an activating group) is 1. The first-order chi connectivity index (χ1) is 14.8. The first-order valence-corrected chi connectivity index (χ1v) is 10.8. The maximum absolute atomic E-state index is 11.9. The number of rotatable bonds is 14. The van der Waals surface area contributed by atoms with E-state index in [-0.39, 0.29) is 18.5 Å². The van der Waals surface area contributed by atoms with Gasteiger partial charge in [0, 0.05) is 38.6 Å². The van der Waals surface area contributed by atoms with E-state index in [1.807, 2.05) is 12.2 Å². The summed E-state index contributed by atoms with van der Waals surface area (Å²) in [5.41, 5.74) is 1.77. The minimum atomic E-state index is -0.442. The summed E-state index contributed by atoms with van der Waals surface area (Å²) < 4.78 is 10.3. The van der Waals surface area contributed by atoms with Crippen molar-refractivity contribution >= 4 is 18.0 Å². The van der Waals surface area contributed by atoms with Gasteiger partial charge >= 0.3 is 12.1 Å². The number of nitrogens with zero attached hydrogens (tertiary/aromatic N) is 1. The van der Waals surface area contributed by atoms with Crippen molar-refractivity contribution in [3.8, 4) is 0 Å². The van der Waals surface area contributed by atoms with Crippen LogP contribution < -0.4 is 5.32 Å². The van der Waals surface area contributed by atoms with Crippen LogP contribution in [0.15, 0.2) is 48.3 Å². The number of unbranched alkanes of at least 4 members (excludes halogenated alkanes) is 2. The van der Waals surface area contributed by atoms with E-state index in [0.29, 0.717) is 37.3 Å². The Morgan fingerprint density at radius 1 is 1.16 bits per heavy atom. The Morgan fingerprint density at radius 2 is 1.94 bits per heavy atom. The fraction of sp³-hybridized carbons (Fsp3) is 0.542. The zero-order valence-electron chi connectivity index (χ0n) is 18.9. The molecule has 0 spiro atoms. The largest absolute Gasteiger partial charge is 0.461 e. The third-order valence-corrected chi connectivity index (χ3v) is 4.81. The van der Waals surface area contributed by atoms with Crippen LogP contribution in [0.5, 0.6) is 0 Å². The topological polar surface area (TPSA) is 84.9 Å². The Bertz CT molecular complexity index is 709. The van der Waals surface area contributed by atoms with Gasteiger partial charge in [0.05, 0.1) is 0 Å². The maximum Gasteiger partial charge on any atom is 0.412 e. The van der Waals surface area contributed by atoms with Crippen LogP contribution >= 0.6 is 0 Å². The molecule has 0 bridgehead atoms. The molecule has 7 heteroatoms. The summed E-state index contributed by atoms with van der Waals surface area (Å²) in [5, 5.41) is 2.76. The van der Waals surface area contributed by atoms with E-state index in [2.05, 4.69) is 18.5 Å². The molecular formula is C24H36N2O5. The molecule has 31 heavy (non-hydrogen) atoms. The molecule has 0 radical (unpaired) electrons. The summed E-state index contributed by atoms with van der Waals surface area (Å²) in [4.78, 5) is 36.7. The molecule has 7 nitrogen and oxygen atoms in total. The van der Waals surface area contributed by atoms with Crippen LogP contribution in [-0.4, -0.2) is 49.6 Å². The molecule has 0 fully saturated rings. The van der Waals surface area contributed by atoms with Crippen molar-refractivity contribution in [3.05, 3.63) is 48.3 Å². The lowest BCUT2D eigenvalue weighted by atomic mass is 9.98. The second-order valence-corrected chi connectivity index (χ2v) is 7.67. The quantitative estimate of drug-likeness (QED) is 0.190. The summed E-state index contributed by atoms with van der Waals surface area (Å²) in [6.45, 7) is 10.3. The molecule has 1 aliphatic carbocycles. The fourth-order valence-corrected chi connectivity index (χ4v) is 3.06. The number of nitrogens with one attached hydrogen (secondary N) is 1. The van der Waals surface area contributed by atoms with E-state index >= 15 is 0 Å². The predicted octanol–water partition coefficient (Wildman–Crippen LogP) is 4.42. The number of hydrogen-bond acceptors (Lipinski definition) is 5. The third kappa shape index (κ3) is 11.8. The van der Waals surface area contributed by atoms with Crippen LogP contribution in [0.4, 0.5) is 4.79 Å². The molecular weight excluding hydrogens is 396 g/mol. The Kier molecular flexibility index (Phi) is 12.7. The number of alkyl carbamates (subject to hydrolysis) is 1. The number of allylic oxidation sites excluding steroid dienone is 4. The second-order valence-electron chi connectivity index (χ2n) is 7.67. The van der Waals surface area contributed by atoms with E-state index in [1.54, 1.807) is 24.9 Å². The number of amides is 2. The molecule has 0 aromatic carbocycles. The van der Waals surface area contributed by atoms with Crippen LogP contribution in [-0.2, 0) is 19.1 Å². The normalized spacial score (nSPS) is 12.8. The summed E-state index contributed by atoms with van der Waals surface area (Å²) in [6, 6.07) is 0. The molecule has 172 valence electrons. The zero-order chi connectivity index (χ0) is 23.1. The van der Waals surface area contributed by atoms with Gasteiger partial charge < -0.3 is 19.7 Å². The van der Waals surface area contributed by atoms with Gasteiger partial charge in [0.25, 0.3) is 0 Å². The zero-order valence-corrected chi connectivity index (χ0v) is 18.9. The molecule has 1 rings (SSSR count). The molecule has 0 saturated heterocycles. The van der Waals surface area contributed by atoms with Gasteiger partial charge in [0.1, 0.15) is 12.4 Å². The van der Waals surface area contributed by atoms with Gasteiger partial charge in [-0.05, 0) is 51.5 Å². The van der Waals surface area contributed by atoms with E-state index in [1.165, 1.54) is 5.57 Å². The highest BCUT2D eigenvalue weighted by Crippen LogP contribution is 2.23. The lowest BCUT2D eigenvalue weighted by Gasteiger charge is -2.17. The molecule has 0 heterocycles. The SMILES string of the molecule is C=CCOC(=O)CCCC1=CC=C(OC(=O)NCCCCCN(C)C(=O)C(=C)C)CC1. The predicted molar refractivity (Wildman–Crippen MR) is 121 cm³/mol. The van der Waals surface area contributed by atoms with Gasteiger partial charge in [-0.25, -0.2) is 4.79 Å². The molecule has 0 atom stereocenters. The van der Waals surface area contributed by atoms with Gasteiger partial charge in [-0.15, -0.1) is 0 Å². The minimum Gasteiger partial charge on any atom is -0.461 e. The van der Waals surface area contributed by atoms with Crippen molar-refractivity contribution in [3.63, 3.8) is 0 Å².